The molecule has 0 aliphatic rings. The van der Waals surface area contributed by atoms with Crippen molar-refractivity contribution in [2.45, 2.75) is 33.3 Å². The molecule has 0 aromatic heterocycles. The molecule has 0 N–H and O–H groups in total. The minimum atomic E-state index is -0.181. The monoisotopic (exact) mass is 112 g/mol. The SMILES string of the molecule is [B]OC(C)(C)C(C)C. The smallest absolute Gasteiger partial charge is 0.283 e. The summed E-state index contributed by atoms with van der Waals surface area (Å²) < 4.78 is 4.70. The highest BCUT2D eigenvalue weighted by Gasteiger charge is 2.19. The Bertz CT molecular complexity index is 68.9. The molecule has 0 unspecified atom stereocenters. The number of rotatable bonds is 2. The molecule has 0 bridgehead atoms. The summed E-state index contributed by atoms with van der Waals surface area (Å²) in [7, 11) is 5.01. The van der Waals surface area contributed by atoms with Crippen molar-refractivity contribution < 1.29 is 4.65 Å². The second-order valence-electron chi connectivity index (χ2n) is 2.88. The molecule has 0 spiro atoms. The Morgan fingerprint density at radius 2 is 1.75 bits per heavy atom. The van der Waals surface area contributed by atoms with Gasteiger partial charge in [-0.15, -0.1) is 0 Å². The van der Waals surface area contributed by atoms with Gasteiger partial charge in [0.15, 0.2) is 0 Å². The van der Waals surface area contributed by atoms with Crippen LogP contribution in [0.3, 0.4) is 0 Å². The lowest BCUT2D eigenvalue weighted by molar-refractivity contribution is 0.0707. The maximum absolute atomic E-state index is 5.01. The van der Waals surface area contributed by atoms with Crippen molar-refractivity contribution in [2.24, 2.45) is 5.92 Å². The van der Waals surface area contributed by atoms with Crippen LogP contribution in [0.15, 0.2) is 0 Å². The Labute approximate surface area is 52.9 Å². The fourth-order valence-corrected chi connectivity index (χ4v) is 0.136. The fraction of sp³-hybridized carbons (Fsp3) is 1.00. The van der Waals surface area contributed by atoms with E-state index in [4.69, 9.17) is 12.7 Å². The third kappa shape index (κ3) is 1.87. The first-order valence-electron chi connectivity index (χ1n) is 2.88. The quantitative estimate of drug-likeness (QED) is 0.492. The van der Waals surface area contributed by atoms with E-state index in [1.807, 2.05) is 13.8 Å². The van der Waals surface area contributed by atoms with Crippen LogP contribution in [0.4, 0.5) is 0 Å². The molecule has 0 rings (SSSR count). The second-order valence-corrected chi connectivity index (χ2v) is 2.88. The highest BCUT2D eigenvalue weighted by molar-refractivity contribution is 5.98. The van der Waals surface area contributed by atoms with Gasteiger partial charge < -0.3 is 4.65 Å². The fourth-order valence-electron chi connectivity index (χ4n) is 0.136. The molecule has 0 aliphatic carbocycles. The van der Waals surface area contributed by atoms with Crippen LogP contribution in [0.5, 0.6) is 0 Å². The van der Waals surface area contributed by atoms with E-state index in [1.54, 1.807) is 0 Å². The van der Waals surface area contributed by atoms with Gasteiger partial charge in [-0.25, -0.2) is 0 Å². The molecule has 0 aromatic carbocycles. The van der Waals surface area contributed by atoms with Crippen LogP contribution in [-0.4, -0.2) is 13.7 Å². The zero-order chi connectivity index (χ0) is 6.78. The van der Waals surface area contributed by atoms with Crippen molar-refractivity contribution in [3.63, 3.8) is 0 Å². The van der Waals surface area contributed by atoms with Crippen LogP contribution in [0.2, 0.25) is 0 Å². The topological polar surface area (TPSA) is 9.23 Å². The molecule has 46 valence electrons. The molecule has 0 saturated carbocycles. The predicted octanol–water partition coefficient (Wildman–Crippen LogP) is 1.52. The average Bonchev–Trinajstić information content (AvgIpc) is 1.67. The molecule has 0 fully saturated rings. The Balaban J connectivity index is 3.71. The van der Waals surface area contributed by atoms with Gasteiger partial charge in [0.2, 0.25) is 0 Å². The summed E-state index contributed by atoms with van der Waals surface area (Å²) >= 11 is 0. The Hall–Kier alpha value is 0.0249. The second kappa shape index (κ2) is 2.54. The molecule has 0 aromatic rings. The minimum Gasteiger partial charge on any atom is -0.443 e. The van der Waals surface area contributed by atoms with Crippen molar-refractivity contribution in [1.29, 1.82) is 0 Å². The molecular weight excluding hydrogens is 98.9 g/mol. The predicted molar refractivity (Wildman–Crippen MR) is 35.8 cm³/mol. The molecule has 1 nitrogen and oxygen atoms in total. The largest absolute Gasteiger partial charge is 0.443 e. The lowest BCUT2D eigenvalue weighted by atomic mass is 9.94. The maximum Gasteiger partial charge on any atom is 0.283 e. The van der Waals surface area contributed by atoms with Crippen LogP contribution in [0.1, 0.15) is 27.7 Å². The van der Waals surface area contributed by atoms with Gasteiger partial charge in [-0.3, -0.25) is 0 Å². The summed E-state index contributed by atoms with van der Waals surface area (Å²) in [6.07, 6.45) is 0. The van der Waals surface area contributed by atoms with E-state index in [-0.39, 0.29) is 5.60 Å². The van der Waals surface area contributed by atoms with Gasteiger partial charge >= 0.3 is 0 Å². The lowest BCUT2D eigenvalue weighted by Crippen LogP contribution is -2.29. The molecule has 2 heteroatoms. The van der Waals surface area contributed by atoms with E-state index in [0.29, 0.717) is 5.92 Å². The highest BCUT2D eigenvalue weighted by Crippen LogP contribution is 2.17. The van der Waals surface area contributed by atoms with Crippen molar-refractivity contribution in [3.05, 3.63) is 0 Å². The zero-order valence-electron chi connectivity index (χ0n) is 6.06. The normalized spacial score (nSPS) is 12.6. The van der Waals surface area contributed by atoms with E-state index >= 15 is 0 Å². The van der Waals surface area contributed by atoms with Crippen molar-refractivity contribution in [2.75, 3.05) is 0 Å². The van der Waals surface area contributed by atoms with E-state index in [0.717, 1.165) is 0 Å². The summed E-state index contributed by atoms with van der Waals surface area (Å²) in [5.41, 5.74) is -0.181. The van der Waals surface area contributed by atoms with Gasteiger partial charge in [-0.1, -0.05) is 13.8 Å². The van der Waals surface area contributed by atoms with Gasteiger partial charge in [0.25, 0.3) is 8.05 Å². The standard InChI is InChI=1S/C6H13BO/c1-5(2)6(3,4)8-7/h5H,1-4H3. The van der Waals surface area contributed by atoms with E-state index in [9.17, 15) is 0 Å². The van der Waals surface area contributed by atoms with Crippen molar-refractivity contribution in [3.8, 4) is 0 Å². The third-order valence-corrected chi connectivity index (χ3v) is 1.69. The van der Waals surface area contributed by atoms with Crippen molar-refractivity contribution in [1.82, 2.24) is 0 Å². The van der Waals surface area contributed by atoms with Crippen LogP contribution >= 0.6 is 0 Å². The first kappa shape index (κ1) is 8.02. The molecule has 0 heterocycles. The lowest BCUT2D eigenvalue weighted by Gasteiger charge is -2.28. The summed E-state index contributed by atoms with van der Waals surface area (Å²) in [5, 5.41) is 0. The molecule has 0 aliphatic heterocycles. The summed E-state index contributed by atoms with van der Waals surface area (Å²) in [5.74, 6) is 0.465. The van der Waals surface area contributed by atoms with Crippen LogP contribution < -0.4 is 0 Å². The third-order valence-electron chi connectivity index (χ3n) is 1.69. The molecular formula is C6H13BO. The maximum atomic E-state index is 5.01. The van der Waals surface area contributed by atoms with Gasteiger partial charge in [0, 0.05) is 5.60 Å². The Morgan fingerprint density at radius 1 is 1.38 bits per heavy atom. The first-order chi connectivity index (χ1) is 3.50. The van der Waals surface area contributed by atoms with E-state index in [1.165, 1.54) is 0 Å². The van der Waals surface area contributed by atoms with Gasteiger partial charge in [-0.2, -0.15) is 0 Å². The Kier molecular flexibility index (Phi) is 2.55. The molecule has 0 atom stereocenters. The minimum absolute atomic E-state index is 0.181. The summed E-state index contributed by atoms with van der Waals surface area (Å²) in [6, 6.07) is 0. The number of hydrogen-bond acceptors (Lipinski definition) is 1. The van der Waals surface area contributed by atoms with Crippen molar-refractivity contribution >= 4 is 8.05 Å². The van der Waals surface area contributed by atoms with Crippen LogP contribution in [0.25, 0.3) is 0 Å². The molecule has 8 heavy (non-hydrogen) atoms. The van der Waals surface area contributed by atoms with Gasteiger partial charge in [0.1, 0.15) is 0 Å². The van der Waals surface area contributed by atoms with Crippen LogP contribution in [0, 0.1) is 5.92 Å². The first-order valence-corrected chi connectivity index (χ1v) is 2.88. The molecule has 0 amide bonds. The Morgan fingerprint density at radius 3 is 1.75 bits per heavy atom. The summed E-state index contributed by atoms with van der Waals surface area (Å²) in [6.45, 7) is 8.09. The highest BCUT2D eigenvalue weighted by atomic mass is 16.4. The van der Waals surface area contributed by atoms with Crippen LogP contribution in [-0.2, 0) is 4.65 Å². The van der Waals surface area contributed by atoms with Gasteiger partial charge in [0.05, 0.1) is 0 Å². The zero-order valence-corrected chi connectivity index (χ0v) is 6.06. The molecule has 0 saturated heterocycles. The average molecular weight is 112 g/mol. The van der Waals surface area contributed by atoms with Gasteiger partial charge in [-0.05, 0) is 19.8 Å². The van der Waals surface area contributed by atoms with E-state index < -0.39 is 0 Å². The van der Waals surface area contributed by atoms with E-state index in [2.05, 4.69) is 13.8 Å². The molecule has 2 radical (unpaired) electrons. The summed E-state index contributed by atoms with van der Waals surface area (Å²) in [4.78, 5) is 0. The number of hydrogen-bond donors (Lipinski definition) is 0.